The molecule has 104 valence electrons. The van der Waals surface area contributed by atoms with Crippen molar-refractivity contribution in [1.29, 1.82) is 0 Å². The summed E-state index contributed by atoms with van der Waals surface area (Å²) in [6, 6.07) is 2.96. The van der Waals surface area contributed by atoms with Crippen LogP contribution in [0.25, 0.3) is 0 Å². The van der Waals surface area contributed by atoms with E-state index in [1.54, 1.807) is 0 Å². The molecule has 1 saturated carbocycles. The molecule has 1 atom stereocenters. The third-order valence-corrected chi connectivity index (χ3v) is 4.06. The Balaban J connectivity index is 1.85. The lowest BCUT2D eigenvalue weighted by atomic mass is 10.1. The zero-order valence-electron chi connectivity index (χ0n) is 10.6. The molecule has 1 aliphatic heterocycles. The van der Waals surface area contributed by atoms with Crippen LogP contribution < -0.4 is 10.1 Å². The maximum absolute atomic E-state index is 13.6. The second-order valence-electron chi connectivity index (χ2n) is 5.12. The summed E-state index contributed by atoms with van der Waals surface area (Å²) < 4.78 is 25.9. The van der Waals surface area contributed by atoms with Gasteiger partial charge in [0.1, 0.15) is 11.6 Å². The Kier molecular flexibility index (Phi) is 4.05. The number of benzene rings is 1. The van der Waals surface area contributed by atoms with Crippen molar-refractivity contribution in [2.75, 3.05) is 26.3 Å². The molecule has 2 aliphatic rings. The Morgan fingerprint density at radius 1 is 1.42 bits per heavy atom. The van der Waals surface area contributed by atoms with Gasteiger partial charge < -0.3 is 14.8 Å². The topological polar surface area (TPSA) is 30.5 Å². The molecule has 5 heteroatoms. The number of halogens is 2. The Bertz CT molecular complexity index is 459. The standard InChI is InChI=1S/C14H17BrFNO2/c15-12-6-10(16)5-11(13-7-17-3-4-18-13)14(12)19-8-9-1-2-9/h5-6,9,13,17H,1-4,7-8H2. The van der Waals surface area contributed by atoms with E-state index in [9.17, 15) is 4.39 Å². The van der Waals surface area contributed by atoms with Gasteiger partial charge in [-0.05, 0) is 46.8 Å². The van der Waals surface area contributed by atoms with Crippen molar-refractivity contribution in [2.45, 2.75) is 18.9 Å². The maximum Gasteiger partial charge on any atom is 0.139 e. The van der Waals surface area contributed by atoms with E-state index in [4.69, 9.17) is 9.47 Å². The Morgan fingerprint density at radius 3 is 2.95 bits per heavy atom. The van der Waals surface area contributed by atoms with Crippen molar-refractivity contribution in [2.24, 2.45) is 5.92 Å². The molecule has 3 nitrogen and oxygen atoms in total. The predicted molar refractivity (Wildman–Crippen MR) is 73.9 cm³/mol. The van der Waals surface area contributed by atoms with Crippen molar-refractivity contribution >= 4 is 15.9 Å². The van der Waals surface area contributed by atoms with Crippen molar-refractivity contribution in [1.82, 2.24) is 5.32 Å². The average Bonchev–Trinajstić information content (AvgIpc) is 3.22. The normalized spacial score (nSPS) is 23.4. The van der Waals surface area contributed by atoms with E-state index in [-0.39, 0.29) is 11.9 Å². The van der Waals surface area contributed by atoms with E-state index in [1.807, 2.05) is 0 Å². The fraction of sp³-hybridized carbons (Fsp3) is 0.571. The van der Waals surface area contributed by atoms with Gasteiger partial charge in [-0.3, -0.25) is 0 Å². The molecule has 0 aromatic heterocycles. The average molecular weight is 330 g/mol. The number of ether oxygens (including phenoxy) is 2. The molecular weight excluding hydrogens is 313 g/mol. The second-order valence-corrected chi connectivity index (χ2v) is 5.98. The van der Waals surface area contributed by atoms with Gasteiger partial charge in [-0.2, -0.15) is 0 Å². The van der Waals surface area contributed by atoms with Gasteiger partial charge in [0, 0.05) is 18.7 Å². The fourth-order valence-corrected chi connectivity index (χ4v) is 2.78. The summed E-state index contributed by atoms with van der Waals surface area (Å²) in [4.78, 5) is 0. The number of nitrogens with one attached hydrogen (secondary N) is 1. The first kappa shape index (κ1) is 13.3. The highest BCUT2D eigenvalue weighted by atomic mass is 79.9. The molecule has 1 aliphatic carbocycles. The largest absolute Gasteiger partial charge is 0.492 e. The summed E-state index contributed by atoms with van der Waals surface area (Å²) in [6.45, 7) is 2.87. The third-order valence-electron chi connectivity index (χ3n) is 3.47. The van der Waals surface area contributed by atoms with Crippen LogP contribution in [0, 0.1) is 11.7 Å². The molecular formula is C14H17BrFNO2. The van der Waals surface area contributed by atoms with Gasteiger partial charge in [0.25, 0.3) is 0 Å². The van der Waals surface area contributed by atoms with Crippen molar-refractivity contribution in [3.63, 3.8) is 0 Å². The maximum atomic E-state index is 13.6. The number of hydrogen-bond donors (Lipinski definition) is 1. The van der Waals surface area contributed by atoms with E-state index in [2.05, 4.69) is 21.2 Å². The zero-order chi connectivity index (χ0) is 13.2. The lowest BCUT2D eigenvalue weighted by molar-refractivity contribution is 0.0255. The lowest BCUT2D eigenvalue weighted by Gasteiger charge is -2.26. The minimum Gasteiger partial charge on any atom is -0.492 e. The van der Waals surface area contributed by atoms with Crippen LogP contribution in [0.3, 0.4) is 0 Å². The molecule has 0 amide bonds. The number of hydrogen-bond acceptors (Lipinski definition) is 3. The van der Waals surface area contributed by atoms with Crippen LogP contribution in [0.4, 0.5) is 4.39 Å². The molecule has 1 aromatic carbocycles. The van der Waals surface area contributed by atoms with Crippen LogP contribution in [0.5, 0.6) is 5.75 Å². The Labute approximate surface area is 120 Å². The van der Waals surface area contributed by atoms with E-state index in [1.165, 1.54) is 25.0 Å². The first-order valence-electron chi connectivity index (χ1n) is 6.68. The monoisotopic (exact) mass is 329 g/mol. The molecule has 3 rings (SSSR count). The Hall–Kier alpha value is -0.650. The van der Waals surface area contributed by atoms with Gasteiger partial charge in [0.15, 0.2) is 0 Å². The van der Waals surface area contributed by atoms with E-state index in [0.717, 1.165) is 17.9 Å². The van der Waals surface area contributed by atoms with Crippen molar-refractivity contribution < 1.29 is 13.9 Å². The zero-order valence-corrected chi connectivity index (χ0v) is 12.2. The predicted octanol–water partition coefficient (Wildman–Crippen LogP) is 3.04. The van der Waals surface area contributed by atoms with Crippen molar-refractivity contribution in [3.05, 3.63) is 28.0 Å². The van der Waals surface area contributed by atoms with Gasteiger partial charge >= 0.3 is 0 Å². The highest BCUT2D eigenvalue weighted by Crippen LogP contribution is 2.38. The van der Waals surface area contributed by atoms with Crippen LogP contribution in [0.2, 0.25) is 0 Å². The van der Waals surface area contributed by atoms with Crippen LogP contribution in [-0.2, 0) is 4.74 Å². The molecule has 1 aromatic rings. The van der Waals surface area contributed by atoms with Gasteiger partial charge in [0.05, 0.1) is 23.8 Å². The smallest absolute Gasteiger partial charge is 0.139 e. The summed E-state index contributed by atoms with van der Waals surface area (Å²) in [7, 11) is 0. The van der Waals surface area contributed by atoms with Crippen LogP contribution in [0.1, 0.15) is 24.5 Å². The molecule has 19 heavy (non-hydrogen) atoms. The van der Waals surface area contributed by atoms with Gasteiger partial charge in [0.2, 0.25) is 0 Å². The van der Waals surface area contributed by atoms with Gasteiger partial charge in [-0.1, -0.05) is 0 Å². The van der Waals surface area contributed by atoms with Crippen LogP contribution in [-0.4, -0.2) is 26.3 Å². The van der Waals surface area contributed by atoms with Gasteiger partial charge in [-0.25, -0.2) is 4.39 Å². The number of morpholine rings is 1. The second kappa shape index (κ2) is 5.77. The summed E-state index contributed by atoms with van der Waals surface area (Å²) >= 11 is 3.39. The van der Waals surface area contributed by atoms with Crippen molar-refractivity contribution in [3.8, 4) is 5.75 Å². The molecule has 0 radical (unpaired) electrons. The highest BCUT2D eigenvalue weighted by molar-refractivity contribution is 9.10. The third kappa shape index (κ3) is 3.27. The Morgan fingerprint density at radius 2 is 2.26 bits per heavy atom. The fourth-order valence-electron chi connectivity index (χ4n) is 2.22. The summed E-state index contributed by atoms with van der Waals surface area (Å²) in [5, 5.41) is 3.26. The van der Waals surface area contributed by atoms with E-state index in [0.29, 0.717) is 30.1 Å². The summed E-state index contributed by atoms with van der Waals surface area (Å²) in [5.74, 6) is 1.12. The highest BCUT2D eigenvalue weighted by Gasteiger charge is 2.26. The minimum atomic E-state index is -0.269. The lowest BCUT2D eigenvalue weighted by Crippen LogP contribution is -2.33. The summed E-state index contributed by atoms with van der Waals surface area (Å²) in [5.41, 5.74) is 0.791. The first-order valence-corrected chi connectivity index (χ1v) is 7.47. The molecule has 1 heterocycles. The molecule has 0 spiro atoms. The quantitative estimate of drug-likeness (QED) is 0.921. The molecule has 0 bridgehead atoms. The van der Waals surface area contributed by atoms with Gasteiger partial charge in [-0.15, -0.1) is 0 Å². The molecule has 2 fully saturated rings. The van der Waals surface area contributed by atoms with Crippen LogP contribution in [0.15, 0.2) is 16.6 Å². The van der Waals surface area contributed by atoms with E-state index < -0.39 is 0 Å². The SMILES string of the molecule is Fc1cc(Br)c(OCC2CC2)c(C2CNCCO2)c1. The van der Waals surface area contributed by atoms with E-state index >= 15 is 0 Å². The molecule has 1 unspecified atom stereocenters. The van der Waals surface area contributed by atoms with Crippen LogP contribution >= 0.6 is 15.9 Å². The molecule has 1 N–H and O–H groups in total. The number of rotatable bonds is 4. The summed E-state index contributed by atoms with van der Waals surface area (Å²) in [6.07, 6.45) is 2.32. The first-order chi connectivity index (χ1) is 9.24. The minimum absolute atomic E-state index is 0.144. The molecule has 1 saturated heterocycles.